The van der Waals surface area contributed by atoms with Crippen molar-refractivity contribution >= 4 is 0 Å². The van der Waals surface area contributed by atoms with Crippen LogP contribution in [0.1, 0.15) is 19.6 Å². The van der Waals surface area contributed by atoms with Crippen LogP contribution in [-0.2, 0) is 25.6 Å². The molecule has 5 nitrogen and oxygen atoms in total. The second kappa shape index (κ2) is 10.1. The van der Waals surface area contributed by atoms with Crippen LogP contribution in [0.2, 0.25) is 0 Å². The van der Waals surface area contributed by atoms with Crippen LogP contribution in [0.25, 0.3) is 0 Å². The Hall–Kier alpha value is -0.880. The van der Waals surface area contributed by atoms with Crippen molar-refractivity contribution in [2.45, 2.75) is 26.7 Å². The van der Waals surface area contributed by atoms with Crippen molar-refractivity contribution in [1.29, 1.82) is 0 Å². The zero-order chi connectivity index (χ0) is 13.1. The zero-order valence-corrected chi connectivity index (χ0v) is 11.1. The van der Waals surface area contributed by atoms with E-state index in [1.165, 1.54) is 0 Å². The van der Waals surface area contributed by atoms with Gasteiger partial charge in [0.25, 0.3) is 0 Å². The Morgan fingerprint density at radius 2 is 1.89 bits per heavy atom. The van der Waals surface area contributed by atoms with Crippen LogP contribution in [0, 0.1) is 0 Å². The van der Waals surface area contributed by atoms with E-state index in [1.54, 1.807) is 6.26 Å². The Morgan fingerprint density at radius 1 is 1.11 bits per heavy atom. The van der Waals surface area contributed by atoms with E-state index in [4.69, 9.17) is 23.4 Å². The van der Waals surface area contributed by atoms with Gasteiger partial charge in [-0.05, 0) is 26.0 Å². The highest BCUT2D eigenvalue weighted by molar-refractivity contribution is 4.95. The summed E-state index contributed by atoms with van der Waals surface area (Å²) in [6, 6.07) is 3.69. The van der Waals surface area contributed by atoms with Crippen molar-refractivity contribution in [3.05, 3.63) is 24.2 Å². The number of furan rings is 1. The zero-order valence-electron chi connectivity index (χ0n) is 11.1. The Morgan fingerprint density at radius 3 is 2.61 bits per heavy atom. The third-order valence-electron chi connectivity index (χ3n) is 2.20. The molecule has 1 aromatic rings. The highest BCUT2D eigenvalue weighted by atomic mass is 16.7. The van der Waals surface area contributed by atoms with Crippen LogP contribution in [0.5, 0.6) is 0 Å². The van der Waals surface area contributed by atoms with Crippen molar-refractivity contribution in [2.24, 2.45) is 0 Å². The molecule has 0 radical (unpaired) electrons. The van der Waals surface area contributed by atoms with Crippen molar-refractivity contribution in [2.75, 3.05) is 33.0 Å². The first kappa shape index (κ1) is 15.2. The number of hydrogen-bond donors (Lipinski definition) is 0. The second-order valence-corrected chi connectivity index (χ2v) is 3.64. The summed E-state index contributed by atoms with van der Waals surface area (Å²) < 4.78 is 26.5. The minimum Gasteiger partial charge on any atom is -0.467 e. The van der Waals surface area contributed by atoms with E-state index in [9.17, 15) is 0 Å². The minimum atomic E-state index is -0.273. The van der Waals surface area contributed by atoms with Crippen LogP contribution >= 0.6 is 0 Å². The van der Waals surface area contributed by atoms with E-state index in [2.05, 4.69) is 0 Å². The van der Waals surface area contributed by atoms with E-state index in [0.717, 1.165) is 12.4 Å². The average Bonchev–Trinajstić information content (AvgIpc) is 2.88. The highest BCUT2D eigenvalue weighted by Crippen LogP contribution is 2.04. The normalized spacial score (nSPS) is 12.8. The van der Waals surface area contributed by atoms with Gasteiger partial charge in [0, 0.05) is 6.61 Å². The van der Waals surface area contributed by atoms with Gasteiger partial charge in [0.1, 0.15) is 12.4 Å². The molecule has 0 aromatic carbocycles. The summed E-state index contributed by atoms with van der Waals surface area (Å²) in [6.45, 7) is 7.22. The van der Waals surface area contributed by atoms with E-state index in [-0.39, 0.29) is 6.29 Å². The molecule has 1 unspecified atom stereocenters. The molecule has 0 saturated carbocycles. The lowest BCUT2D eigenvalue weighted by molar-refractivity contribution is -0.149. The van der Waals surface area contributed by atoms with Crippen molar-refractivity contribution < 1.29 is 23.4 Å². The maximum Gasteiger partial charge on any atom is 0.155 e. The second-order valence-electron chi connectivity index (χ2n) is 3.64. The molecule has 0 aliphatic carbocycles. The first-order valence-corrected chi connectivity index (χ1v) is 6.24. The van der Waals surface area contributed by atoms with Gasteiger partial charge < -0.3 is 23.4 Å². The number of hydrogen-bond acceptors (Lipinski definition) is 5. The van der Waals surface area contributed by atoms with Gasteiger partial charge in [-0.15, -0.1) is 0 Å². The molecule has 1 aromatic heterocycles. The van der Waals surface area contributed by atoms with Crippen molar-refractivity contribution in [3.63, 3.8) is 0 Å². The summed E-state index contributed by atoms with van der Waals surface area (Å²) in [5.41, 5.74) is 0. The van der Waals surface area contributed by atoms with Gasteiger partial charge in [0.15, 0.2) is 6.29 Å². The van der Waals surface area contributed by atoms with Gasteiger partial charge in [-0.25, -0.2) is 0 Å². The fraction of sp³-hybridized carbons (Fsp3) is 0.692. The molecule has 0 aliphatic rings. The fourth-order valence-electron chi connectivity index (χ4n) is 1.28. The lowest BCUT2D eigenvalue weighted by Crippen LogP contribution is -2.17. The van der Waals surface area contributed by atoms with Gasteiger partial charge in [-0.1, -0.05) is 0 Å². The maximum atomic E-state index is 5.44. The van der Waals surface area contributed by atoms with E-state index >= 15 is 0 Å². The molecule has 18 heavy (non-hydrogen) atoms. The Bertz CT molecular complexity index is 273. The first-order chi connectivity index (χ1) is 8.83. The predicted octanol–water partition coefficient (Wildman–Crippen LogP) is 2.21. The molecule has 0 spiro atoms. The molecule has 104 valence electrons. The molecule has 0 aliphatic heterocycles. The van der Waals surface area contributed by atoms with Gasteiger partial charge >= 0.3 is 0 Å². The van der Waals surface area contributed by atoms with Crippen LogP contribution in [0.3, 0.4) is 0 Å². The Balaban J connectivity index is 1.89. The summed E-state index contributed by atoms with van der Waals surface area (Å²) in [5.74, 6) is 0.790. The standard InChI is InChI=1S/C13H22O5/c1-3-14-7-8-15-9-10-16-12(2)18-11-13-5-4-6-17-13/h4-6,12H,3,7-11H2,1-2H3. The predicted molar refractivity (Wildman–Crippen MR) is 66.2 cm³/mol. The maximum absolute atomic E-state index is 5.44. The summed E-state index contributed by atoms with van der Waals surface area (Å²) in [4.78, 5) is 0. The van der Waals surface area contributed by atoms with Crippen LogP contribution in [0.15, 0.2) is 22.8 Å². The molecular formula is C13H22O5. The summed E-state index contributed by atoms with van der Waals surface area (Å²) in [6.07, 6.45) is 1.35. The summed E-state index contributed by atoms with van der Waals surface area (Å²) >= 11 is 0. The third kappa shape index (κ3) is 7.45. The largest absolute Gasteiger partial charge is 0.467 e. The van der Waals surface area contributed by atoms with Crippen molar-refractivity contribution in [3.8, 4) is 0 Å². The van der Waals surface area contributed by atoms with Crippen LogP contribution in [0.4, 0.5) is 0 Å². The molecule has 1 rings (SSSR count). The Kier molecular flexibility index (Phi) is 8.50. The summed E-state index contributed by atoms with van der Waals surface area (Å²) in [5, 5.41) is 0. The molecular weight excluding hydrogens is 236 g/mol. The lowest BCUT2D eigenvalue weighted by Gasteiger charge is -2.13. The van der Waals surface area contributed by atoms with Crippen molar-refractivity contribution in [1.82, 2.24) is 0 Å². The van der Waals surface area contributed by atoms with Crippen LogP contribution in [-0.4, -0.2) is 39.3 Å². The van der Waals surface area contributed by atoms with E-state index in [0.29, 0.717) is 33.0 Å². The van der Waals surface area contributed by atoms with Gasteiger partial charge in [0.05, 0.1) is 32.7 Å². The molecule has 0 saturated heterocycles. The average molecular weight is 258 g/mol. The third-order valence-corrected chi connectivity index (χ3v) is 2.20. The number of ether oxygens (including phenoxy) is 4. The van der Waals surface area contributed by atoms with Gasteiger partial charge in [-0.3, -0.25) is 0 Å². The molecule has 1 atom stereocenters. The first-order valence-electron chi connectivity index (χ1n) is 6.24. The SMILES string of the molecule is CCOCCOCCOC(C)OCc1ccco1. The highest BCUT2D eigenvalue weighted by Gasteiger charge is 2.03. The number of rotatable bonds is 11. The van der Waals surface area contributed by atoms with E-state index in [1.807, 2.05) is 26.0 Å². The van der Waals surface area contributed by atoms with Gasteiger partial charge in [0.2, 0.25) is 0 Å². The smallest absolute Gasteiger partial charge is 0.155 e. The fourth-order valence-corrected chi connectivity index (χ4v) is 1.28. The van der Waals surface area contributed by atoms with Gasteiger partial charge in [-0.2, -0.15) is 0 Å². The molecule has 0 amide bonds. The Labute approximate surface area is 108 Å². The quantitative estimate of drug-likeness (QED) is 0.450. The molecule has 1 heterocycles. The molecule has 0 N–H and O–H groups in total. The van der Waals surface area contributed by atoms with E-state index < -0.39 is 0 Å². The topological polar surface area (TPSA) is 50.1 Å². The molecule has 0 fully saturated rings. The lowest BCUT2D eigenvalue weighted by atomic mass is 10.5. The minimum absolute atomic E-state index is 0.273. The monoisotopic (exact) mass is 258 g/mol. The molecule has 5 heteroatoms. The molecule has 0 bridgehead atoms. The van der Waals surface area contributed by atoms with Crippen LogP contribution < -0.4 is 0 Å². The summed E-state index contributed by atoms with van der Waals surface area (Å²) in [7, 11) is 0.